The Balaban J connectivity index is 1.71. The van der Waals surface area contributed by atoms with Crippen LogP contribution in [0.2, 0.25) is 0 Å². The Hall–Kier alpha value is -2.55. The van der Waals surface area contributed by atoms with Crippen molar-refractivity contribution in [3.63, 3.8) is 0 Å². The van der Waals surface area contributed by atoms with Crippen molar-refractivity contribution in [3.8, 4) is 0 Å². The van der Waals surface area contributed by atoms with Gasteiger partial charge in [-0.1, -0.05) is 24.3 Å². The number of anilines is 1. The molecular formula is C20H19N3. The van der Waals surface area contributed by atoms with Gasteiger partial charge in [0.25, 0.3) is 0 Å². The van der Waals surface area contributed by atoms with Crippen molar-refractivity contribution in [2.75, 3.05) is 18.0 Å². The molecule has 1 N–H and O–H groups in total. The third kappa shape index (κ3) is 2.00. The molecule has 3 heterocycles. The molecule has 23 heavy (non-hydrogen) atoms. The van der Waals surface area contributed by atoms with Gasteiger partial charge in [0.2, 0.25) is 0 Å². The van der Waals surface area contributed by atoms with Crippen LogP contribution in [0.4, 0.5) is 5.82 Å². The lowest BCUT2D eigenvalue weighted by atomic mass is 10.1. The molecule has 3 nitrogen and oxygen atoms in total. The van der Waals surface area contributed by atoms with Crippen LogP contribution in [0.15, 0.2) is 48.5 Å². The third-order valence-corrected chi connectivity index (χ3v) is 5.01. The van der Waals surface area contributed by atoms with Crippen molar-refractivity contribution in [2.45, 2.75) is 19.3 Å². The zero-order chi connectivity index (χ0) is 15.2. The Morgan fingerprint density at radius 1 is 0.783 bits per heavy atom. The Bertz CT molecular complexity index is 1010. The highest BCUT2D eigenvalue weighted by atomic mass is 15.2. The minimum atomic E-state index is 1.08. The van der Waals surface area contributed by atoms with Gasteiger partial charge in [-0.2, -0.15) is 0 Å². The molecule has 0 atom stereocenters. The topological polar surface area (TPSA) is 31.9 Å². The molecule has 1 fully saturated rings. The molecule has 0 aliphatic carbocycles. The molecule has 2 aromatic heterocycles. The highest BCUT2D eigenvalue weighted by molar-refractivity contribution is 6.16. The number of rotatable bonds is 1. The largest absolute Gasteiger partial charge is 0.357 e. The van der Waals surface area contributed by atoms with Crippen LogP contribution in [0.5, 0.6) is 0 Å². The fraction of sp³-hybridized carbons (Fsp3) is 0.250. The molecule has 0 spiro atoms. The number of piperidine rings is 1. The van der Waals surface area contributed by atoms with Gasteiger partial charge in [-0.15, -0.1) is 0 Å². The average Bonchev–Trinajstić information content (AvgIpc) is 3.01. The van der Waals surface area contributed by atoms with Gasteiger partial charge in [-0.25, -0.2) is 4.98 Å². The first kappa shape index (κ1) is 12.9. The zero-order valence-electron chi connectivity index (χ0n) is 13.0. The Morgan fingerprint density at radius 3 is 2.52 bits per heavy atom. The summed E-state index contributed by atoms with van der Waals surface area (Å²) in [5.74, 6) is 1.12. The van der Waals surface area contributed by atoms with Crippen LogP contribution in [0, 0.1) is 0 Å². The number of fused-ring (bicyclic) bond motifs is 5. The van der Waals surface area contributed by atoms with E-state index < -0.39 is 0 Å². The second-order valence-corrected chi connectivity index (χ2v) is 6.44. The fourth-order valence-electron chi connectivity index (χ4n) is 3.81. The summed E-state index contributed by atoms with van der Waals surface area (Å²) in [7, 11) is 0. The van der Waals surface area contributed by atoms with Gasteiger partial charge >= 0.3 is 0 Å². The van der Waals surface area contributed by atoms with E-state index in [0.29, 0.717) is 0 Å². The maximum absolute atomic E-state index is 4.93. The van der Waals surface area contributed by atoms with Gasteiger partial charge in [-0.3, -0.25) is 0 Å². The molecule has 0 unspecified atom stereocenters. The fourth-order valence-corrected chi connectivity index (χ4v) is 3.81. The van der Waals surface area contributed by atoms with Crippen molar-refractivity contribution in [2.24, 2.45) is 0 Å². The molecule has 1 saturated heterocycles. The minimum absolute atomic E-state index is 1.08. The van der Waals surface area contributed by atoms with E-state index in [1.165, 1.54) is 46.5 Å². The number of nitrogens with one attached hydrogen (secondary N) is 1. The molecule has 5 rings (SSSR count). The van der Waals surface area contributed by atoms with E-state index in [1.54, 1.807) is 0 Å². The molecule has 1 aliphatic heterocycles. The normalized spacial score (nSPS) is 15.7. The smallest absolute Gasteiger partial charge is 0.129 e. The van der Waals surface area contributed by atoms with E-state index in [-0.39, 0.29) is 0 Å². The number of H-pyrrole nitrogens is 1. The van der Waals surface area contributed by atoms with Crippen molar-refractivity contribution in [1.82, 2.24) is 9.97 Å². The van der Waals surface area contributed by atoms with E-state index in [0.717, 1.165) is 24.4 Å². The molecule has 114 valence electrons. The predicted molar refractivity (Wildman–Crippen MR) is 97.2 cm³/mol. The van der Waals surface area contributed by atoms with E-state index in [9.17, 15) is 0 Å². The molecule has 1 aliphatic rings. The first-order chi connectivity index (χ1) is 11.4. The molecule has 0 bridgehead atoms. The SMILES string of the molecule is c1ccc2c(c1)[nH]c1c3ccc(N4CCCCC4)nc3ccc21. The van der Waals surface area contributed by atoms with Crippen LogP contribution in [0.3, 0.4) is 0 Å². The van der Waals surface area contributed by atoms with E-state index in [1.807, 2.05) is 0 Å². The summed E-state index contributed by atoms with van der Waals surface area (Å²) in [5.41, 5.74) is 3.46. The molecule has 0 amide bonds. The summed E-state index contributed by atoms with van der Waals surface area (Å²) in [6, 6.07) is 17.2. The third-order valence-electron chi connectivity index (χ3n) is 5.01. The van der Waals surface area contributed by atoms with Crippen molar-refractivity contribution in [3.05, 3.63) is 48.5 Å². The van der Waals surface area contributed by atoms with Crippen molar-refractivity contribution in [1.29, 1.82) is 0 Å². The first-order valence-corrected chi connectivity index (χ1v) is 8.45. The lowest BCUT2D eigenvalue weighted by Crippen LogP contribution is -2.30. The maximum Gasteiger partial charge on any atom is 0.129 e. The summed E-state index contributed by atoms with van der Waals surface area (Å²) in [6.07, 6.45) is 3.90. The van der Waals surface area contributed by atoms with E-state index in [2.05, 4.69) is 58.4 Å². The van der Waals surface area contributed by atoms with Gasteiger partial charge in [0.05, 0.1) is 11.0 Å². The molecule has 0 saturated carbocycles. The van der Waals surface area contributed by atoms with Crippen molar-refractivity contribution < 1.29 is 0 Å². The average molecular weight is 301 g/mol. The number of benzene rings is 2. The summed E-state index contributed by atoms with van der Waals surface area (Å²) in [6.45, 7) is 2.26. The number of aromatic amines is 1. The number of nitrogens with zero attached hydrogens (tertiary/aromatic N) is 2. The van der Waals surface area contributed by atoms with Gasteiger partial charge in [-0.05, 0) is 43.5 Å². The minimum Gasteiger partial charge on any atom is -0.357 e. The summed E-state index contributed by atoms with van der Waals surface area (Å²) < 4.78 is 0. The standard InChI is InChI=1S/C20H19N3/c1-4-12-23(13-5-1)19-11-9-16-18(21-19)10-8-15-14-6-2-3-7-17(14)22-20(15)16/h2-3,6-11,22H,1,4-5,12-13H2. The van der Waals surface area contributed by atoms with Crippen LogP contribution >= 0.6 is 0 Å². The first-order valence-electron chi connectivity index (χ1n) is 8.45. The Labute approximate surface area is 134 Å². The van der Waals surface area contributed by atoms with Crippen LogP contribution < -0.4 is 4.90 Å². The number of para-hydroxylation sites is 1. The number of hydrogen-bond acceptors (Lipinski definition) is 2. The molecular weight excluding hydrogens is 282 g/mol. The van der Waals surface area contributed by atoms with Crippen LogP contribution in [-0.4, -0.2) is 23.1 Å². The van der Waals surface area contributed by atoms with Crippen molar-refractivity contribution >= 4 is 38.5 Å². The van der Waals surface area contributed by atoms with Crippen LogP contribution in [0.1, 0.15) is 19.3 Å². The quantitative estimate of drug-likeness (QED) is 0.544. The maximum atomic E-state index is 4.93. The summed E-state index contributed by atoms with van der Waals surface area (Å²) in [4.78, 5) is 10.9. The molecule has 2 aromatic carbocycles. The summed E-state index contributed by atoms with van der Waals surface area (Å²) >= 11 is 0. The number of hydrogen-bond donors (Lipinski definition) is 1. The summed E-state index contributed by atoms with van der Waals surface area (Å²) in [5, 5.41) is 3.77. The molecule has 0 radical (unpaired) electrons. The highest BCUT2D eigenvalue weighted by Crippen LogP contribution is 2.31. The van der Waals surface area contributed by atoms with Gasteiger partial charge in [0, 0.05) is 34.8 Å². The monoisotopic (exact) mass is 301 g/mol. The lowest BCUT2D eigenvalue weighted by molar-refractivity contribution is 0.574. The second kappa shape index (κ2) is 4.98. The van der Waals surface area contributed by atoms with Gasteiger partial charge < -0.3 is 9.88 Å². The second-order valence-electron chi connectivity index (χ2n) is 6.44. The van der Waals surface area contributed by atoms with Gasteiger partial charge in [0.15, 0.2) is 0 Å². The predicted octanol–water partition coefficient (Wildman–Crippen LogP) is 4.86. The highest BCUT2D eigenvalue weighted by Gasteiger charge is 2.14. The van der Waals surface area contributed by atoms with Crippen LogP contribution in [-0.2, 0) is 0 Å². The van der Waals surface area contributed by atoms with E-state index in [4.69, 9.17) is 4.98 Å². The van der Waals surface area contributed by atoms with Crippen LogP contribution in [0.25, 0.3) is 32.7 Å². The number of aromatic nitrogens is 2. The Morgan fingerprint density at radius 2 is 1.61 bits per heavy atom. The number of pyridine rings is 1. The molecule has 3 heteroatoms. The molecule has 4 aromatic rings. The van der Waals surface area contributed by atoms with E-state index >= 15 is 0 Å². The Kier molecular flexibility index (Phi) is 2.80. The van der Waals surface area contributed by atoms with Gasteiger partial charge in [0.1, 0.15) is 5.82 Å². The zero-order valence-corrected chi connectivity index (χ0v) is 13.0. The lowest BCUT2D eigenvalue weighted by Gasteiger charge is -2.27.